The van der Waals surface area contributed by atoms with Crippen molar-refractivity contribution in [3.05, 3.63) is 39.9 Å². The first-order valence-corrected chi connectivity index (χ1v) is 7.65. The van der Waals surface area contributed by atoms with E-state index in [1.165, 1.54) is 12.1 Å². The van der Waals surface area contributed by atoms with E-state index in [2.05, 4.69) is 5.32 Å². The van der Waals surface area contributed by atoms with Crippen molar-refractivity contribution in [1.82, 2.24) is 0 Å². The summed E-state index contributed by atoms with van der Waals surface area (Å²) in [5.41, 5.74) is 0.103. The summed E-state index contributed by atoms with van der Waals surface area (Å²) < 4.78 is 5.66. The Morgan fingerprint density at radius 3 is 2.73 bits per heavy atom. The highest BCUT2D eigenvalue weighted by atomic mass is 16.6. The van der Waals surface area contributed by atoms with E-state index in [4.69, 9.17) is 4.74 Å². The number of nitrogens with two attached hydrogens (primary N) is 1. The maximum absolute atomic E-state index is 12.2. The normalized spacial score (nSPS) is 16.3. The summed E-state index contributed by atoms with van der Waals surface area (Å²) in [4.78, 5) is 22.5. The van der Waals surface area contributed by atoms with Gasteiger partial charge in [0.2, 0.25) is 0 Å². The van der Waals surface area contributed by atoms with Crippen LogP contribution in [-0.2, 0) is 16.0 Å². The van der Waals surface area contributed by atoms with Crippen LogP contribution < -0.4 is 5.32 Å². The molecule has 2 rings (SSSR count). The first-order valence-electron chi connectivity index (χ1n) is 7.65. The Morgan fingerprint density at radius 2 is 2.09 bits per heavy atom. The lowest BCUT2D eigenvalue weighted by Crippen LogP contribution is -2.86. The number of ether oxygens (including phenoxy) is 1. The van der Waals surface area contributed by atoms with Crippen molar-refractivity contribution < 1.29 is 19.8 Å². The van der Waals surface area contributed by atoms with Gasteiger partial charge >= 0.3 is 5.97 Å². The quantitative estimate of drug-likeness (QED) is 0.506. The number of hydrogen-bond donors (Lipinski definition) is 1. The van der Waals surface area contributed by atoms with Crippen LogP contribution in [0.2, 0.25) is 0 Å². The van der Waals surface area contributed by atoms with Crippen LogP contribution >= 0.6 is 0 Å². The Hall–Kier alpha value is -1.95. The Balaban J connectivity index is 1.97. The zero-order valence-electron chi connectivity index (χ0n) is 13.1. The molecule has 120 valence electrons. The highest BCUT2D eigenvalue weighted by Gasteiger charge is 2.35. The lowest BCUT2D eigenvalue weighted by Gasteiger charge is -2.35. The minimum Gasteiger partial charge on any atom is -0.459 e. The number of esters is 1. The van der Waals surface area contributed by atoms with Gasteiger partial charge < -0.3 is 10.1 Å². The Labute approximate surface area is 130 Å². The van der Waals surface area contributed by atoms with Gasteiger partial charge in [-0.1, -0.05) is 12.1 Å². The van der Waals surface area contributed by atoms with Crippen molar-refractivity contribution in [3.63, 3.8) is 0 Å². The zero-order chi connectivity index (χ0) is 16.2. The number of hydrogen-bond acceptors (Lipinski definition) is 4. The lowest BCUT2D eigenvalue weighted by molar-refractivity contribution is -0.665. The van der Waals surface area contributed by atoms with Gasteiger partial charge in [0.25, 0.3) is 5.69 Å². The number of quaternary nitrogens is 1. The van der Waals surface area contributed by atoms with Gasteiger partial charge in [0.05, 0.1) is 24.4 Å². The standard InChI is InChI=1S/C16H22N2O4/c1-16(2,13-6-8-17-9-7-13)22-15(19)11-12-4-3-5-14(10-12)18(20)21/h3-5,10,13,17H,6-9,11H2,1-2H3/p+1. The molecular formula is C16H23N2O4+. The maximum atomic E-state index is 12.2. The molecule has 0 spiro atoms. The van der Waals surface area contributed by atoms with Crippen molar-refractivity contribution in [1.29, 1.82) is 0 Å². The number of benzene rings is 1. The summed E-state index contributed by atoms with van der Waals surface area (Å²) in [5.74, 6) is 0.0339. The third kappa shape index (κ3) is 4.27. The lowest BCUT2D eigenvalue weighted by atomic mass is 9.83. The van der Waals surface area contributed by atoms with Crippen LogP contribution in [0.25, 0.3) is 0 Å². The van der Waals surface area contributed by atoms with Gasteiger partial charge in [0.1, 0.15) is 5.60 Å². The molecule has 1 saturated heterocycles. The molecule has 0 aromatic heterocycles. The summed E-state index contributed by atoms with van der Waals surface area (Å²) in [6.45, 7) is 6.04. The predicted octanol–water partition coefficient (Wildman–Crippen LogP) is 1.43. The molecule has 0 aliphatic carbocycles. The molecule has 1 fully saturated rings. The molecule has 0 bridgehead atoms. The van der Waals surface area contributed by atoms with Crippen LogP contribution in [0.15, 0.2) is 24.3 Å². The molecule has 0 radical (unpaired) electrons. The predicted molar refractivity (Wildman–Crippen MR) is 81.4 cm³/mol. The third-order valence-electron chi connectivity index (χ3n) is 4.27. The van der Waals surface area contributed by atoms with Crippen molar-refractivity contribution in [2.45, 2.75) is 38.7 Å². The fourth-order valence-electron chi connectivity index (χ4n) is 2.98. The van der Waals surface area contributed by atoms with Crippen LogP contribution in [0.4, 0.5) is 5.69 Å². The summed E-state index contributed by atoms with van der Waals surface area (Å²) in [6.07, 6.45) is 2.14. The topological polar surface area (TPSA) is 86.0 Å². The summed E-state index contributed by atoms with van der Waals surface area (Å²) >= 11 is 0. The molecule has 6 nitrogen and oxygen atoms in total. The smallest absolute Gasteiger partial charge is 0.310 e. The summed E-state index contributed by atoms with van der Waals surface area (Å²) in [7, 11) is 0. The van der Waals surface area contributed by atoms with Crippen LogP contribution in [-0.4, -0.2) is 29.6 Å². The fourth-order valence-corrected chi connectivity index (χ4v) is 2.98. The minimum absolute atomic E-state index is 0.00706. The monoisotopic (exact) mass is 307 g/mol. The van der Waals surface area contributed by atoms with Gasteiger partial charge in [0.15, 0.2) is 0 Å². The van der Waals surface area contributed by atoms with Crippen molar-refractivity contribution in [3.8, 4) is 0 Å². The van der Waals surface area contributed by atoms with E-state index < -0.39 is 10.5 Å². The molecular weight excluding hydrogens is 284 g/mol. The summed E-state index contributed by atoms with van der Waals surface area (Å²) in [5, 5.41) is 13.0. The van der Waals surface area contributed by atoms with E-state index in [-0.39, 0.29) is 18.1 Å². The molecule has 1 aromatic carbocycles. The molecule has 1 aromatic rings. The molecule has 0 amide bonds. The van der Waals surface area contributed by atoms with Gasteiger partial charge in [0, 0.05) is 30.9 Å². The van der Waals surface area contributed by atoms with Crippen LogP contribution in [0.3, 0.4) is 0 Å². The SMILES string of the molecule is CC(C)(OC(=O)Cc1cccc([N+](=O)[O-])c1)C1CC[NH2+]CC1. The van der Waals surface area contributed by atoms with Crippen LogP contribution in [0.5, 0.6) is 0 Å². The highest BCUT2D eigenvalue weighted by Crippen LogP contribution is 2.28. The largest absolute Gasteiger partial charge is 0.459 e. The van der Waals surface area contributed by atoms with Crippen LogP contribution in [0, 0.1) is 16.0 Å². The molecule has 2 N–H and O–H groups in total. The second-order valence-electron chi connectivity index (χ2n) is 6.32. The number of non-ortho nitro benzene ring substituents is 1. The molecule has 1 heterocycles. The molecule has 22 heavy (non-hydrogen) atoms. The molecule has 6 heteroatoms. The van der Waals surface area contributed by atoms with Gasteiger partial charge in [-0.3, -0.25) is 14.9 Å². The second-order valence-corrected chi connectivity index (χ2v) is 6.32. The average molecular weight is 307 g/mol. The minimum atomic E-state index is -0.494. The first kappa shape index (κ1) is 16.4. The first-order chi connectivity index (χ1) is 10.4. The number of carbonyl (C=O) groups is 1. The third-order valence-corrected chi connectivity index (χ3v) is 4.27. The number of carbonyl (C=O) groups excluding carboxylic acids is 1. The van der Waals surface area contributed by atoms with E-state index in [0.717, 1.165) is 25.9 Å². The Kier molecular flexibility index (Phi) is 5.13. The van der Waals surface area contributed by atoms with E-state index >= 15 is 0 Å². The van der Waals surface area contributed by atoms with Gasteiger partial charge in [-0.2, -0.15) is 0 Å². The van der Waals surface area contributed by atoms with E-state index in [1.807, 2.05) is 13.8 Å². The highest BCUT2D eigenvalue weighted by molar-refractivity contribution is 5.73. The van der Waals surface area contributed by atoms with E-state index in [1.54, 1.807) is 12.1 Å². The fraction of sp³-hybridized carbons (Fsp3) is 0.562. The van der Waals surface area contributed by atoms with Gasteiger partial charge in [-0.05, 0) is 19.4 Å². The Bertz CT molecular complexity index is 551. The van der Waals surface area contributed by atoms with Crippen molar-refractivity contribution in [2.75, 3.05) is 13.1 Å². The number of nitro groups is 1. The van der Waals surface area contributed by atoms with Gasteiger partial charge in [-0.15, -0.1) is 0 Å². The van der Waals surface area contributed by atoms with Crippen LogP contribution in [0.1, 0.15) is 32.3 Å². The molecule has 0 unspecified atom stereocenters. The number of rotatable bonds is 5. The molecule has 1 aliphatic rings. The van der Waals surface area contributed by atoms with Crippen molar-refractivity contribution >= 4 is 11.7 Å². The van der Waals surface area contributed by atoms with Gasteiger partial charge in [-0.25, -0.2) is 0 Å². The Morgan fingerprint density at radius 1 is 1.41 bits per heavy atom. The summed E-state index contributed by atoms with van der Waals surface area (Å²) in [6, 6.07) is 6.13. The average Bonchev–Trinajstić information content (AvgIpc) is 2.47. The van der Waals surface area contributed by atoms with E-state index in [0.29, 0.717) is 11.5 Å². The zero-order valence-corrected chi connectivity index (χ0v) is 13.1. The van der Waals surface area contributed by atoms with Crippen molar-refractivity contribution in [2.24, 2.45) is 5.92 Å². The number of nitrogens with zero attached hydrogens (tertiary/aromatic N) is 1. The maximum Gasteiger partial charge on any atom is 0.310 e. The number of nitro benzene ring substituents is 1. The molecule has 0 atom stereocenters. The number of piperidine rings is 1. The molecule has 1 aliphatic heterocycles. The van der Waals surface area contributed by atoms with E-state index in [9.17, 15) is 14.9 Å². The molecule has 0 saturated carbocycles. The second kappa shape index (κ2) is 6.87.